The molecule has 0 aromatic heterocycles. The zero-order chi connectivity index (χ0) is 21.2. The van der Waals surface area contributed by atoms with Gasteiger partial charge in [-0.05, 0) is 12.8 Å². The molecule has 0 saturated heterocycles. The van der Waals surface area contributed by atoms with Crippen LogP contribution in [0.4, 0.5) is 0 Å². The number of benzene rings is 2. The van der Waals surface area contributed by atoms with Gasteiger partial charge in [0.2, 0.25) is 0 Å². The smallest absolute Gasteiger partial charge is 0.358 e. The number of rotatable bonds is 4. The van der Waals surface area contributed by atoms with Crippen LogP contribution in [-0.4, -0.2) is 9.52 Å². The first-order valence-corrected chi connectivity index (χ1v) is 13.1. The molecule has 0 atom stereocenters. The number of hydrogen-bond donors (Lipinski definition) is 0. The largest absolute Gasteiger partial charge is 4.00 e. The zero-order valence-electron chi connectivity index (χ0n) is 21.6. The Morgan fingerprint density at radius 2 is 0.906 bits per heavy atom. The summed E-state index contributed by atoms with van der Waals surface area (Å²) in [6.07, 6.45) is 4.60. The van der Waals surface area contributed by atoms with E-state index in [0.717, 1.165) is 35.2 Å². The first-order chi connectivity index (χ1) is 14.1. The summed E-state index contributed by atoms with van der Waals surface area (Å²) >= 11 is 0. The van der Waals surface area contributed by atoms with Crippen molar-refractivity contribution in [1.29, 1.82) is 0 Å². The van der Waals surface area contributed by atoms with Crippen molar-refractivity contribution in [3.63, 3.8) is 0 Å². The van der Waals surface area contributed by atoms with E-state index in [1.165, 1.54) is 43.8 Å². The maximum atomic E-state index is 2.33. The van der Waals surface area contributed by atoms with Crippen LogP contribution in [0.5, 0.6) is 0 Å². The quantitative estimate of drug-likeness (QED) is 0.160. The topological polar surface area (TPSA) is 0 Å². The Bertz CT molecular complexity index is 924. The molecule has 0 bridgehead atoms. The molecule has 0 aliphatic carbocycles. The van der Waals surface area contributed by atoms with Gasteiger partial charge in [-0.3, -0.25) is 0 Å². The second kappa shape index (κ2) is 17.3. The molecule has 0 aliphatic rings. The van der Waals surface area contributed by atoms with Gasteiger partial charge in [-0.2, -0.15) is 11.1 Å². The Balaban J connectivity index is 0. The fourth-order valence-corrected chi connectivity index (χ4v) is 4.16. The van der Waals surface area contributed by atoms with Gasteiger partial charge in [-0.1, -0.05) is 65.8 Å². The third-order valence-electron chi connectivity index (χ3n) is 5.48. The van der Waals surface area contributed by atoms with E-state index >= 15 is 0 Å². The van der Waals surface area contributed by atoms with Crippen molar-refractivity contribution in [2.24, 2.45) is 0 Å². The normalized spacial score (nSPS) is 9.44. The van der Waals surface area contributed by atoms with Crippen LogP contribution in [0.2, 0.25) is 13.1 Å². The van der Waals surface area contributed by atoms with Crippen LogP contribution in [0.3, 0.4) is 0 Å². The molecule has 2 heteroatoms. The van der Waals surface area contributed by atoms with Crippen LogP contribution in [0, 0.1) is 14.9 Å². The summed E-state index contributed by atoms with van der Waals surface area (Å²) in [5.41, 5.74) is 6.11. The van der Waals surface area contributed by atoms with Crippen molar-refractivity contribution in [2.45, 2.75) is 66.5 Å². The van der Waals surface area contributed by atoms with Crippen molar-refractivity contribution in [2.75, 3.05) is 0 Å². The van der Waals surface area contributed by atoms with Crippen LogP contribution >= 0.6 is 0 Å². The second-order valence-corrected chi connectivity index (χ2v) is 8.38. The van der Waals surface area contributed by atoms with E-state index in [4.69, 9.17) is 0 Å². The molecule has 32 heavy (non-hydrogen) atoms. The van der Waals surface area contributed by atoms with Gasteiger partial charge in [0, 0.05) is 9.52 Å². The van der Waals surface area contributed by atoms with Gasteiger partial charge < -0.3 is 14.9 Å². The van der Waals surface area contributed by atoms with E-state index in [1.54, 1.807) is 0 Å². The number of hydrogen-bond acceptors (Lipinski definition) is 0. The molecule has 4 aromatic carbocycles. The third-order valence-corrected chi connectivity index (χ3v) is 5.48. The Morgan fingerprint density at radius 3 is 1.19 bits per heavy atom. The minimum absolute atomic E-state index is 0. The third kappa shape index (κ3) is 7.95. The summed E-state index contributed by atoms with van der Waals surface area (Å²) in [7, 11) is 1.08. The molecule has 0 fully saturated rings. The van der Waals surface area contributed by atoms with E-state index in [2.05, 4.69) is 101 Å². The minimum Gasteiger partial charge on any atom is -0.358 e. The van der Waals surface area contributed by atoms with E-state index in [-0.39, 0.29) is 40.7 Å². The molecule has 0 aliphatic heterocycles. The molecule has 0 unspecified atom stereocenters. The van der Waals surface area contributed by atoms with E-state index in [0.29, 0.717) is 0 Å². The molecule has 0 N–H and O–H groups in total. The molecule has 0 heterocycles. The summed E-state index contributed by atoms with van der Waals surface area (Å²) in [4.78, 5) is 0. The van der Waals surface area contributed by atoms with Crippen molar-refractivity contribution in [3.05, 3.63) is 97.8 Å². The van der Waals surface area contributed by atoms with Crippen LogP contribution in [0.15, 0.2) is 60.7 Å². The average molecular weight is 609 g/mol. The summed E-state index contributed by atoms with van der Waals surface area (Å²) in [5.74, 6) is 0. The van der Waals surface area contributed by atoms with E-state index in [1.807, 2.05) is 0 Å². The first-order valence-electron chi connectivity index (χ1n) is 11.1. The number of aryl methyl sites for hydroxylation is 4. The van der Waals surface area contributed by atoms with Gasteiger partial charge in [-0.15, -0.1) is 81.2 Å². The van der Waals surface area contributed by atoms with Gasteiger partial charge >= 0.3 is 25.8 Å². The zero-order valence-corrected chi connectivity index (χ0v) is 26.2. The van der Waals surface area contributed by atoms with Crippen LogP contribution in [-0.2, 0) is 51.5 Å². The predicted molar refractivity (Wildman–Crippen MR) is 147 cm³/mol. The van der Waals surface area contributed by atoms with Crippen molar-refractivity contribution >= 4 is 31.1 Å². The summed E-state index contributed by atoms with van der Waals surface area (Å²) < 4.78 is 0. The fraction of sp³-hybridized carbons (Fsp3) is 0.333. The maximum Gasteiger partial charge on any atom is 4.00 e. The van der Waals surface area contributed by atoms with Crippen LogP contribution < -0.4 is 0 Å². The molecule has 0 nitrogen and oxygen atoms in total. The van der Waals surface area contributed by atoms with E-state index in [9.17, 15) is 0 Å². The molecular weight excluding hydrogens is 567 g/mol. The molecule has 4 aromatic rings. The molecule has 0 spiro atoms. The van der Waals surface area contributed by atoms with Crippen molar-refractivity contribution < 1.29 is 25.8 Å². The summed E-state index contributed by atoms with van der Waals surface area (Å²) in [5, 5.41) is 5.69. The molecule has 0 saturated carbocycles. The van der Waals surface area contributed by atoms with Crippen LogP contribution in [0.1, 0.15) is 49.9 Å². The Morgan fingerprint density at radius 1 is 0.594 bits per heavy atom. The van der Waals surface area contributed by atoms with E-state index < -0.39 is 0 Å². The maximum absolute atomic E-state index is 2.33. The van der Waals surface area contributed by atoms with Gasteiger partial charge in [0.1, 0.15) is 0 Å². The van der Waals surface area contributed by atoms with Gasteiger partial charge in [0.25, 0.3) is 0 Å². The Hall–Kier alpha value is -1.25. The molecular formula is C30H42HfSi. The van der Waals surface area contributed by atoms with Crippen molar-refractivity contribution in [3.8, 4) is 0 Å². The minimum atomic E-state index is 0. The average Bonchev–Trinajstić information content (AvgIpc) is 3.31. The standard InChI is InChI=1S/2C13H15.C2H6Si.2CH3.Hf/c2*1-3-10-9-11-7-5-6-8-13(11)12(10)4-2;1-3-2;;;/h2*5-9H,3-4H2,1-2H3;1-2H3;2*1H3;/q2*-1;;2*-1;+4. The molecule has 4 rings (SSSR count). The molecule has 0 amide bonds. The number of fused-ring (bicyclic) bond motifs is 2. The second-order valence-electron chi connectivity index (χ2n) is 7.38. The first kappa shape index (κ1) is 32.9. The van der Waals surface area contributed by atoms with Gasteiger partial charge in [-0.25, -0.2) is 0 Å². The Labute approximate surface area is 220 Å². The van der Waals surface area contributed by atoms with Crippen LogP contribution in [0.25, 0.3) is 21.5 Å². The monoisotopic (exact) mass is 610 g/mol. The SMILES string of the molecule is CCc1[cH-]c2ccccc2c1CC.CCc1[cH-]c2ccccc2c1CC.C[Si]C.[CH3-].[CH3-].[Hf+4]. The molecule has 2 radical (unpaired) electrons. The summed E-state index contributed by atoms with van der Waals surface area (Å²) in [6, 6.07) is 22.0. The fourth-order valence-electron chi connectivity index (χ4n) is 4.16. The summed E-state index contributed by atoms with van der Waals surface area (Å²) in [6.45, 7) is 13.2. The van der Waals surface area contributed by atoms with Crippen molar-refractivity contribution in [1.82, 2.24) is 0 Å². The predicted octanol–water partition coefficient (Wildman–Crippen LogP) is 9.05. The Kier molecular flexibility index (Phi) is 17.8. The molecule has 170 valence electrons. The van der Waals surface area contributed by atoms with Gasteiger partial charge in [0.05, 0.1) is 0 Å². The van der Waals surface area contributed by atoms with Gasteiger partial charge in [0.15, 0.2) is 0 Å².